The quantitative estimate of drug-likeness (QED) is 0.818. The third-order valence-corrected chi connectivity index (χ3v) is 4.86. The number of rotatable bonds is 3. The summed E-state index contributed by atoms with van der Waals surface area (Å²) in [5.41, 5.74) is 3.06. The SMILES string of the molecule is CNC1c2ccccc2CCCC1SC(C)C. The molecule has 2 rings (SSSR count). The van der Waals surface area contributed by atoms with E-state index in [1.54, 1.807) is 5.56 Å². The van der Waals surface area contributed by atoms with Crippen molar-refractivity contribution in [2.24, 2.45) is 0 Å². The molecular formula is C15H23NS. The lowest BCUT2D eigenvalue weighted by molar-refractivity contribution is 0.547. The van der Waals surface area contributed by atoms with Gasteiger partial charge in [0.25, 0.3) is 0 Å². The molecule has 2 atom stereocenters. The fourth-order valence-electron chi connectivity index (χ4n) is 2.76. The van der Waals surface area contributed by atoms with Crippen LogP contribution in [0.2, 0.25) is 0 Å². The molecule has 2 unspecified atom stereocenters. The summed E-state index contributed by atoms with van der Waals surface area (Å²) in [5, 5.41) is 4.96. The molecule has 0 fully saturated rings. The average molecular weight is 249 g/mol. The van der Waals surface area contributed by atoms with Gasteiger partial charge >= 0.3 is 0 Å². The van der Waals surface area contributed by atoms with Crippen molar-refractivity contribution in [2.45, 2.75) is 49.7 Å². The van der Waals surface area contributed by atoms with E-state index in [1.165, 1.54) is 24.8 Å². The van der Waals surface area contributed by atoms with E-state index in [4.69, 9.17) is 0 Å². The van der Waals surface area contributed by atoms with Crippen molar-refractivity contribution in [1.82, 2.24) is 5.32 Å². The van der Waals surface area contributed by atoms with Crippen LogP contribution < -0.4 is 5.32 Å². The predicted molar refractivity (Wildman–Crippen MR) is 77.7 cm³/mol. The molecule has 1 N–H and O–H groups in total. The van der Waals surface area contributed by atoms with Crippen LogP contribution in [0.1, 0.15) is 43.9 Å². The second-order valence-corrected chi connectivity index (χ2v) is 6.90. The van der Waals surface area contributed by atoms with Gasteiger partial charge in [-0.25, -0.2) is 0 Å². The lowest BCUT2D eigenvalue weighted by atomic mass is 9.99. The second-order valence-electron chi connectivity index (χ2n) is 5.08. The van der Waals surface area contributed by atoms with Gasteiger partial charge in [-0.3, -0.25) is 0 Å². The Balaban J connectivity index is 2.27. The van der Waals surface area contributed by atoms with Crippen LogP contribution in [0, 0.1) is 0 Å². The van der Waals surface area contributed by atoms with Gasteiger partial charge in [0.2, 0.25) is 0 Å². The third-order valence-electron chi connectivity index (χ3n) is 3.45. The predicted octanol–water partition coefficient (Wildman–Crippen LogP) is 3.79. The van der Waals surface area contributed by atoms with Gasteiger partial charge in [0.15, 0.2) is 0 Å². The van der Waals surface area contributed by atoms with Gasteiger partial charge in [0, 0.05) is 11.3 Å². The highest BCUT2D eigenvalue weighted by Crippen LogP contribution is 2.37. The second kappa shape index (κ2) is 5.92. The van der Waals surface area contributed by atoms with Crippen molar-refractivity contribution in [2.75, 3.05) is 7.05 Å². The standard InChI is InChI=1S/C15H23NS/c1-11(2)17-14-10-6-8-12-7-4-5-9-13(12)15(14)16-3/h4-5,7,9,11,14-16H,6,8,10H2,1-3H3. The molecule has 2 heteroatoms. The molecule has 0 saturated carbocycles. The Kier molecular flexibility index (Phi) is 4.52. The first-order valence-corrected chi connectivity index (χ1v) is 7.57. The molecule has 0 radical (unpaired) electrons. The Morgan fingerprint density at radius 1 is 1.29 bits per heavy atom. The minimum absolute atomic E-state index is 0.515. The van der Waals surface area contributed by atoms with E-state index in [1.807, 2.05) is 0 Å². The number of hydrogen-bond acceptors (Lipinski definition) is 2. The molecule has 17 heavy (non-hydrogen) atoms. The zero-order valence-electron chi connectivity index (χ0n) is 11.1. The van der Waals surface area contributed by atoms with Gasteiger partial charge in [-0.05, 0) is 42.7 Å². The highest BCUT2D eigenvalue weighted by Gasteiger charge is 2.27. The smallest absolute Gasteiger partial charge is 0.0441 e. The van der Waals surface area contributed by atoms with Crippen molar-refractivity contribution in [1.29, 1.82) is 0 Å². The van der Waals surface area contributed by atoms with E-state index >= 15 is 0 Å². The number of benzene rings is 1. The molecule has 1 aromatic carbocycles. The lowest BCUT2D eigenvalue weighted by Crippen LogP contribution is -2.28. The molecule has 0 bridgehead atoms. The molecular weight excluding hydrogens is 226 g/mol. The van der Waals surface area contributed by atoms with E-state index in [0.29, 0.717) is 16.5 Å². The number of fused-ring (bicyclic) bond motifs is 1. The number of thioether (sulfide) groups is 1. The first-order valence-electron chi connectivity index (χ1n) is 6.63. The first kappa shape index (κ1) is 13.0. The monoisotopic (exact) mass is 249 g/mol. The van der Waals surface area contributed by atoms with Crippen LogP contribution in [0.4, 0.5) is 0 Å². The van der Waals surface area contributed by atoms with Crippen molar-refractivity contribution < 1.29 is 0 Å². The van der Waals surface area contributed by atoms with Crippen LogP contribution in [0.3, 0.4) is 0 Å². The summed E-state index contributed by atoms with van der Waals surface area (Å²) in [6.07, 6.45) is 3.88. The minimum Gasteiger partial charge on any atom is -0.312 e. The van der Waals surface area contributed by atoms with Crippen molar-refractivity contribution >= 4 is 11.8 Å². The maximum absolute atomic E-state index is 3.53. The van der Waals surface area contributed by atoms with Crippen LogP contribution in [0.15, 0.2) is 24.3 Å². The normalized spacial score (nSPS) is 24.5. The number of nitrogens with one attached hydrogen (secondary N) is 1. The Bertz CT molecular complexity index is 362. The van der Waals surface area contributed by atoms with Crippen LogP contribution >= 0.6 is 11.8 Å². The Hall–Kier alpha value is -0.470. The van der Waals surface area contributed by atoms with Gasteiger partial charge in [-0.2, -0.15) is 11.8 Å². The molecule has 94 valence electrons. The molecule has 1 nitrogen and oxygen atoms in total. The van der Waals surface area contributed by atoms with Gasteiger partial charge in [0.05, 0.1) is 0 Å². The highest BCUT2D eigenvalue weighted by atomic mass is 32.2. The van der Waals surface area contributed by atoms with Gasteiger partial charge in [-0.15, -0.1) is 0 Å². The molecule has 0 aromatic heterocycles. The molecule has 0 saturated heterocycles. The minimum atomic E-state index is 0.515. The van der Waals surface area contributed by atoms with E-state index in [0.717, 1.165) is 0 Å². The molecule has 1 aromatic rings. The van der Waals surface area contributed by atoms with Gasteiger partial charge < -0.3 is 5.32 Å². The number of aryl methyl sites for hydroxylation is 1. The van der Waals surface area contributed by atoms with Crippen LogP contribution in [-0.4, -0.2) is 17.5 Å². The van der Waals surface area contributed by atoms with E-state index < -0.39 is 0 Å². The lowest BCUT2D eigenvalue weighted by Gasteiger charge is -2.27. The van der Waals surface area contributed by atoms with E-state index in [9.17, 15) is 0 Å². The molecule has 0 amide bonds. The molecule has 0 spiro atoms. The van der Waals surface area contributed by atoms with Gasteiger partial charge in [-0.1, -0.05) is 38.1 Å². The van der Waals surface area contributed by atoms with Crippen LogP contribution in [0.5, 0.6) is 0 Å². The number of hydrogen-bond donors (Lipinski definition) is 1. The summed E-state index contributed by atoms with van der Waals surface area (Å²) in [7, 11) is 2.10. The summed E-state index contributed by atoms with van der Waals surface area (Å²) in [5.74, 6) is 0. The fraction of sp³-hybridized carbons (Fsp3) is 0.600. The fourth-order valence-corrected chi connectivity index (χ4v) is 4.21. The zero-order chi connectivity index (χ0) is 12.3. The molecule has 1 aliphatic carbocycles. The average Bonchev–Trinajstić information content (AvgIpc) is 2.47. The Labute approximate surface area is 109 Å². The Morgan fingerprint density at radius 2 is 2.06 bits per heavy atom. The maximum atomic E-state index is 3.53. The summed E-state index contributed by atoms with van der Waals surface area (Å²) in [6, 6.07) is 9.45. The zero-order valence-corrected chi connectivity index (χ0v) is 11.9. The largest absolute Gasteiger partial charge is 0.312 e. The molecule has 1 aliphatic rings. The third kappa shape index (κ3) is 3.05. The summed E-state index contributed by atoms with van der Waals surface area (Å²) in [4.78, 5) is 0. The summed E-state index contributed by atoms with van der Waals surface area (Å²) >= 11 is 2.12. The summed E-state index contributed by atoms with van der Waals surface area (Å²) in [6.45, 7) is 4.60. The van der Waals surface area contributed by atoms with Crippen LogP contribution in [0.25, 0.3) is 0 Å². The molecule has 0 heterocycles. The first-order chi connectivity index (χ1) is 8.22. The maximum Gasteiger partial charge on any atom is 0.0441 e. The van der Waals surface area contributed by atoms with Gasteiger partial charge in [0.1, 0.15) is 0 Å². The highest BCUT2D eigenvalue weighted by molar-refractivity contribution is 8.00. The van der Waals surface area contributed by atoms with E-state index in [2.05, 4.69) is 62.2 Å². The Morgan fingerprint density at radius 3 is 2.76 bits per heavy atom. The summed E-state index contributed by atoms with van der Waals surface area (Å²) < 4.78 is 0. The topological polar surface area (TPSA) is 12.0 Å². The van der Waals surface area contributed by atoms with Crippen LogP contribution in [-0.2, 0) is 6.42 Å². The van der Waals surface area contributed by atoms with Crippen molar-refractivity contribution in [3.63, 3.8) is 0 Å². The van der Waals surface area contributed by atoms with Crippen molar-refractivity contribution in [3.8, 4) is 0 Å². The van der Waals surface area contributed by atoms with Crippen molar-refractivity contribution in [3.05, 3.63) is 35.4 Å². The van der Waals surface area contributed by atoms with E-state index in [-0.39, 0.29) is 0 Å². The molecule has 0 aliphatic heterocycles.